The van der Waals surface area contributed by atoms with Gasteiger partial charge in [0.1, 0.15) is 0 Å². The second-order valence-electron chi connectivity index (χ2n) is 4.85. The lowest BCUT2D eigenvalue weighted by Gasteiger charge is -2.05. The van der Waals surface area contributed by atoms with Gasteiger partial charge in [0.05, 0.1) is 5.75 Å². The van der Waals surface area contributed by atoms with Crippen molar-refractivity contribution in [2.24, 2.45) is 5.92 Å². The Bertz CT molecular complexity index is 478. The largest absolute Gasteiger partial charge is 0.355 e. The van der Waals surface area contributed by atoms with E-state index in [1.165, 1.54) is 24.6 Å². The monoisotopic (exact) mass is 284 g/mol. The molecule has 2 N–H and O–H groups in total. The summed E-state index contributed by atoms with van der Waals surface area (Å²) in [6.07, 6.45) is 4.40. The normalized spacial score (nSPS) is 14.6. The molecular formula is C12H20N4O2S. The third-order valence-electron chi connectivity index (χ3n) is 3.08. The average Bonchev–Trinajstić information content (AvgIpc) is 3.16. The van der Waals surface area contributed by atoms with Crippen LogP contribution in [0.25, 0.3) is 0 Å². The van der Waals surface area contributed by atoms with Crippen LogP contribution in [0.15, 0.2) is 9.95 Å². The first-order valence-corrected chi connectivity index (χ1v) is 7.74. The van der Waals surface area contributed by atoms with Crippen molar-refractivity contribution in [1.29, 1.82) is 0 Å². The van der Waals surface area contributed by atoms with E-state index in [9.17, 15) is 9.59 Å². The Morgan fingerprint density at radius 1 is 1.58 bits per heavy atom. The molecule has 106 valence electrons. The lowest BCUT2D eigenvalue weighted by molar-refractivity contribution is -0.118. The van der Waals surface area contributed by atoms with Crippen molar-refractivity contribution in [3.8, 4) is 0 Å². The summed E-state index contributed by atoms with van der Waals surface area (Å²) in [5, 5.41) is 9.89. The molecule has 1 aromatic rings. The summed E-state index contributed by atoms with van der Waals surface area (Å²) in [7, 11) is 0. The minimum Gasteiger partial charge on any atom is -0.355 e. The number of carbonyl (C=O) groups is 1. The molecule has 0 aromatic carbocycles. The first kappa shape index (κ1) is 14.2. The zero-order chi connectivity index (χ0) is 13.7. The van der Waals surface area contributed by atoms with Crippen molar-refractivity contribution in [1.82, 2.24) is 20.1 Å². The van der Waals surface area contributed by atoms with Gasteiger partial charge in [-0.15, -0.1) is 5.10 Å². The number of hydrogen-bond acceptors (Lipinski definition) is 4. The van der Waals surface area contributed by atoms with Gasteiger partial charge in [0.25, 0.3) is 0 Å². The second kappa shape index (κ2) is 6.79. The van der Waals surface area contributed by atoms with Gasteiger partial charge in [-0.1, -0.05) is 25.1 Å². The molecule has 1 heterocycles. The Morgan fingerprint density at radius 2 is 2.37 bits per heavy atom. The molecule has 0 saturated heterocycles. The van der Waals surface area contributed by atoms with E-state index < -0.39 is 0 Å². The number of thioether (sulfide) groups is 1. The molecule has 1 saturated carbocycles. The lowest BCUT2D eigenvalue weighted by Crippen LogP contribution is -2.27. The van der Waals surface area contributed by atoms with Crippen LogP contribution in [0, 0.1) is 5.92 Å². The molecule has 1 fully saturated rings. The number of aromatic nitrogens is 3. The Kier molecular flexibility index (Phi) is 5.07. The summed E-state index contributed by atoms with van der Waals surface area (Å²) in [6.45, 7) is 3.50. The van der Waals surface area contributed by atoms with E-state index in [0.29, 0.717) is 23.4 Å². The number of hydrogen-bond donors (Lipinski definition) is 2. The fraction of sp³-hybridized carbons (Fsp3) is 0.750. The van der Waals surface area contributed by atoms with Gasteiger partial charge < -0.3 is 5.32 Å². The Morgan fingerprint density at radius 3 is 3.05 bits per heavy atom. The number of H-pyrrole nitrogens is 1. The highest BCUT2D eigenvalue weighted by molar-refractivity contribution is 7.99. The average molecular weight is 284 g/mol. The Labute approximate surface area is 116 Å². The van der Waals surface area contributed by atoms with E-state index in [1.807, 2.05) is 0 Å². The highest BCUT2D eigenvalue weighted by Gasteiger charge is 2.21. The number of carbonyl (C=O) groups excluding carboxylic acids is 1. The molecule has 0 radical (unpaired) electrons. The molecule has 0 unspecified atom stereocenters. The SMILES string of the molecule is CCCCn1c(SCC(=O)NCC2CC2)n[nH]c1=O. The van der Waals surface area contributed by atoms with Gasteiger partial charge >= 0.3 is 5.69 Å². The number of nitrogens with one attached hydrogen (secondary N) is 2. The van der Waals surface area contributed by atoms with Crippen molar-refractivity contribution in [2.45, 2.75) is 44.3 Å². The van der Waals surface area contributed by atoms with Crippen LogP contribution in [-0.4, -0.2) is 33.0 Å². The van der Waals surface area contributed by atoms with Crippen LogP contribution in [-0.2, 0) is 11.3 Å². The maximum atomic E-state index is 11.6. The Balaban J connectivity index is 1.80. The van der Waals surface area contributed by atoms with Crippen molar-refractivity contribution < 1.29 is 4.79 Å². The van der Waals surface area contributed by atoms with Crippen LogP contribution in [0.1, 0.15) is 32.6 Å². The van der Waals surface area contributed by atoms with Crippen molar-refractivity contribution >= 4 is 17.7 Å². The van der Waals surface area contributed by atoms with Gasteiger partial charge in [-0.25, -0.2) is 9.89 Å². The standard InChI is InChI=1S/C12H20N4O2S/c1-2-3-6-16-11(18)14-15-12(16)19-8-10(17)13-7-9-4-5-9/h9H,2-8H2,1H3,(H,13,17)(H,14,18). The van der Waals surface area contributed by atoms with Gasteiger partial charge in [0.15, 0.2) is 5.16 Å². The van der Waals surface area contributed by atoms with E-state index in [1.54, 1.807) is 4.57 Å². The van der Waals surface area contributed by atoms with Crippen LogP contribution >= 0.6 is 11.8 Å². The highest BCUT2D eigenvalue weighted by atomic mass is 32.2. The van der Waals surface area contributed by atoms with E-state index in [-0.39, 0.29) is 11.6 Å². The van der Waals surface area contributed by atoms with Crippen LogP contribution in [0.2, 0.25) is 0 Å². The molecule has 0 bridgehead atoms. The zero-order valence-corrected chi connectivity index (χ0v) is 12.0. The Hall–Kier alpha value is -1.24. The van der Waals surface area contributed by atoms with Crippen molar-refractivity contribution in [3.05, 3.63) is 10.5 Å². The second-order valence-corrected chi connectivity index (χ2v) is 5.80. The van der Waals surface area contributed by atoms with E-state index in [0.717, 1.165) is 19.4 Å². The highest BCUT2D eigenvalue weighted by Crippen LogP contribution is 2.27. The number of aromatic amines is 1. The van der Waals surface area contributed by atoms with Gasteiger partial charge in [-0.3, -0.25) is 9.36 Å². The van der Waals surface area contributed by atoms with Crippen molar-refractivity contribution in [2.75, 3.05) is 12.3 Å². The van der Waals surface area contributed by atoms with Crippen LogP contribution in [0.3, 0.4) is 0 Å². The first-order chi connectivity index (χ1) is 9.20. The molecule has 0 aliphatic heterocycles. The summed E-state index contributed by atoms with van der Waals surface area (Å²) in [4.78, 5) is 23.2. The third-order valence-corrected chi connectivity index (χ3v) is 4.05. The topological polar surface area (TPSA) is 79.8 Å². The summed E-state index contributed by atoms with van der Waals surface area (Å²) in [6, 6.07) is 0. The first-order valence-electron chi connectivity index (χ1n) is 6.75. The van der Waals surface area contributed by atoms with Crippen molar-refractivity contribution in [3.63, 3.8) is 0 Å². The summed E-state index contributed by atoms with van der Waals surface area (Å²) in [5.74, 6) is 1.000. The van der Waals surface area contributed by atoms with Gasteiger partial charge in [0, 0.05) is 13.1 Å². The molecule has 6 nitrogen and oxygen atoms in total. The summed E-state index contributed by atoms with van der Waals surface area (Å²) in [5.41, 5.74) is -0.200. The van der Waals surface area contributed by atoms with E-state index >= 15 is 0 Å². The summed E-state index contributed by atoms with van der Waals surface area (Å²) >= 11 is 1.31. The third kappa shape index (κ3) is 4.41. The predicted molar refractivity (Wildman–Crippen MR) is 74.2 cm³/mol. The predicted octanol–water partition coefficient (Wildman–Crippen LogP) is 0.990. The quantitative estimate of drug-likeness (QED) is 0.698. The number of nitrogens with zero attached hydrogens (tertiary/aromatic N) is 2. The molecule has 0 spiro atoms. The van der Waals surface area contributed by atoms with Crippen LogP contribution < -0.4 is 11.0 Å². The van der Waals surface area contributed by atoms with Gasteiger partial charge in [-0.05, 0) is 25.2 Å². The minimum atomic E-state index is -0.200. The molecule has 1 aliphatic carbocycles. The zero-order valence-electron chi connectivity index (χ0n) is 11.1. The molecule has 1 aromatic heterocycles. The minimum absolute atomic E-state index is 0.00869. The molecule has 0 atom stereocenters. The maximum absolute atomic E-state index is 11.6. The molecular weight excluding hydrogens is 264 g/mol. The maximum Gasteiger partial charge on any atom is 0.343 e. The smallest absolute Gasteiger partial charge is 0.343 e. The summed E-state index contributed by atoms with van der Waals surface area (Å²) < 4.78 is 1.60. The fourth-order valence-corrected chi connectivity index (χ4v) is 2.49. The van der Waals surface area contributed by atoms with E-state index in [4.69, 9.17) is 0 Å². The molecule has 1 aliphatic rings. The van der Waals surface area contributed by atoms with Gasteiger partial charge in [-0.2, -0.15) is 0 Å². The van der Waals surface area contributed by atoms with Gasteiger partial charge in [0.2, 0.25) is 5.91 Å². The van der Waals surface area contributed by atoms with Crippen LogP contribution in [0.5, 0.6) is 0 Å². The number of unbranched alkanes of at least 4 members (excludes halogenated alkanes) is 1. The molecule has 2 rings (SSSR count). The molecule has 1 amide bonds. The van der Waals surface area contributed by atoms with E-state index in [2.05, 4.69) is 22.4 Å². The molecule has 19 heavy (non-hydrogen) atoms. The fourth-order valence-electron chi connectivity index (χ4n) is 1.69. The molecule has 7 heteroatoms. The number of rotatable bonds is 8. The lowest BCUT2D eigenvalue weighted by atomic mass is 10.3. The van der Waals surface area contributed by atoms with Crippen LogP contribution in [0.4, 0.5) is 0 Å². The number of amides is 1.